The molecule has 4 nitrogen and oxygen atoms in total. The average molecular weight is 606 g/mol. The van der Waals surface area contributed by atoms with Crippen LogP contribution in [0.25, 0.3) is 0 Å². The normalized spacial score (nSPS) is 12.1. The number of ketones is 2. The molecule has 0 amide bonds. The van der Waals surface area contributed by atoms with Crippen LogP contribution in [0.1, 0.15) is 31.8 Å². The van der Waals surface area contributed by atoms with Gasteiger partial charge in [0.15, 0.2) is 0 Å². The van der Waals surface area contributed by atoms with E-state index in [2.05, 4.69) is 24.3 Å². The average Bonchev–Trinajstić information content (AvgIpc) is 2.93. The second-order valence-corrected chi connectivity index (χ2v) is 12.9. The Labute approximate surface area is 223 Å². The molecule has 4 aromatic rings. The van der Waals surface area contributed by atoms with E-state index in [0.29, 0.717) is 47.0 Å². The molecule has 0 spiro atoms. The second-order valence-electron chi connectivity index (χ2n) is 8.04. The van der Waals surface area contributed by atoms with Crippen LogP contribution < -0.4 is 18.4 Å². The van der Waals surface area contributed by atoms with E-state index in [1.54, 1.807) is 36.4 Å². The summed E-state index contributed by atoms with van der Waals surface area (Å²) in [5, 5.41) is 1.75. The first-order chi connectivity index (χ1) is 17.7. The molecule has 1 aliphatic carbocycles. The van der Waals surface area contributed by atoms with Crippen molar-refractivity contribution in [2.45, 2.75) is 10.6 Å². The molecule has 4 aromatic carbocycles. The van der Waals surface area contributed by atoms with Crippen molar-refractivity contribution in [1.82, 2.24) is 0 Å². The molecule has 1 aliphatic rings. The van der Waals surface area contributed by atoms with E-state index in [4.69, 9.17) is 9.47 Å². The van der Waals surface area contributed by atoms with Gasteiger partial charge in [-0.05, 0) is 0 Å². The quantitative estimate of drug-likeness (QED) is 0.178. The first kappa shape index (κ1) is 24.5. The molecule has 0 aliphatic heterocycles. The molecule has 0 N–H and O–H groups in total. The predicted octanol–water partition coefficient (Wildman–Crippen LogP) is 4.12. The summed E-state index contributed by atoms with van der Waals surface area (Å²) in [4.78, 5) is 27.0. The summed E-state index contributed by atoms with van der Waals surface area (Å²) in [7, 11) is 0. The van der Waals surface area contributed by atoms with Crippen LogP contribution >= 0.6 is 0 Å². The van der Waals surface area contributed by atoms with Gasteiger partial charge in [0, 0.05) is 0 Å². The molecule has 0 fully saturated rings. The summed E-state index contributed by atoms with van der Waals surface area (Å²) < 4.78 is 14.7. The van der Waals surface area contributed by atoms with E-state index < -0.39 is 0 Å². The van der Waals surface area contributed by atoms with Gasteiger partial charge in [0.2, 0.25) is 0 Å². The third-order valence-electron chi connectivity index (χ3n) is 5.70. The second kappa shape index (κ2) is 11.7. The molecular formula is C30H24O4Se2. The van der Waals surface area contributed by atoms with E-state index in [1.807, 2.05) is 36.4 Å². The number of hydrogen-bond acceptors (Lipinski definition) is 4. The van der Waals surface area contributed by atoms with Gasteiger partial charge in [-0.2, -0.15) is 0 Å². The topological polar surface area (TPSA) is 52.6 Å². The first-order valence-electron chi connectivity index (χ1n) is 11.7. The maximum atomic E-state index is 13.5. The van der Waals surface area contributed by atoms with E-state index in [9.17, 15) is 9.59 Å². The van der Waals surface area contributed by atoms with Crippen LogP contribution in [0.3, 0.4) is 0 Å². The summed E-state index contributed by atoms with van der Waals surface area (Å²) in [5.41, 5.74) is 1.46. The molecule has 0 bridgehead atoms. The molecule has 36 heavy (non-hydrogen) atoms. The number of rotatable bonds is 10. The molecule has 0 saturated carbocycles. The van der Waals surface area contributed by atoms with Crippen LogP contribution in [0.2, 0.25) is 10.6 Å². The van der Waals surface area contributed by atoms with Crippen molar-refractivity contribution in [3.8, 4) is 11.5 Å². The van der Waals surface area contributed by atoms with Crippen molar-refractivity contribution in [2.24, 2.45) is 0 Å². The molecule has 0 radical (unpaired) electrons. The fourth-order valence-electron chi connectivity index (χ4n) is 4.07. The van der Waals surface area contributed by atoms with Crippen LogP contribution in [0.4, 0.5) is 0 Å². The van der Waals surface area contributed by atoms with Gasteiger partial charge in [-0.3, -0.25) is 0 Å². The third-order valence-corrected chi connectivity index (χ3v) is 9.80. The third kappa shape index (κ3) is 5.48. The molecule has 5 rings (SSSR count). The molecule has 0 atom stereocenters. The molecule has 6 heteroatoms. The molecule has 0 unspecified atom stereocenters. The molecule has 0 saturated heterocycles. The zero-order chi connectivity index (χ0) is 24.7. The van der Waals surface area contributed by atoms with E-state index in [-0.39, 0.29) is 41.5 Å². The molecule has 180 valence electrons. The van der Waals surface area contributed by atoms with Crippen LogP contribution in [0.15, 0.2) is 97.1 Å². The van der Waals surface area contributed by atoms with Crippen LogP contribution in [0.5, 0.6) is 11.5 Å². The van der Waals surface area contributed by atoms with Gasteiger partial charge in [-0.25, -0.2) is 0 Å². The van der Waals surface area contributed by atoms with Crippen LogP contribution in [-0.2, 0) is 0 Å². The molecular weight excluding hydrogens is 582 g/mol. The van der Waals surface area contributed by atoms with Crippen molar-refractivity contribution in [3.63, 3.8) is 0 Å². The van der Waals surface area contributed by atoms with E-state index in [1.165, 1.54) is 8.92 Å². The number of benzene rings is 4. The fourth-order valence-corrected chi connectivity index (χ4v) is 7.23. The van der Waals surface area contributed by atoms with Gasteiger partial charge >= 0.3 is 224 Å². The SMILES string of the molecule is O=C1c2cccc(OCC[Se]c3ccccc3)c2C(=O)c2cccc(OCC[Se]c3ccccc3)c21. The van der Waals surface area contributed by atoms with Crippen molar-refractivity contribution >= 4 is 50.4 Å². The van der Waals surface area contributed by atoms with Gasteiger partial charge in [-0.1, -0.05) is 0 Å². The van der Waals surface area contributed by atoms with Gasteiger partial charge in [0.1, 0.15) is 0 Å². The van der Waals surface area contributed by atoms with E-state index >= 15 is 0 Å². The Morgan fingerprint density at radius 1 is 0.500 bits per heavy atom. The Hall–Kier alpha value is -3.14. The Morgan fingerprint density at radius 3 is 1.33 bits per heavy atom. The molecule has 0 aromatic heterocycles. The number of fused-ring (bicyclic) bond motifs is 2. The minimum atomic E-state index is -0.192. The zero-order valence-corrected chi connectivity index (χ0v) is 22.9. The van der Waals surface area contributed by atoms with Crippen LogP contribution in [-0.4, -0.2) is 54.7 Å². The van der Waals surface area contributed by atoms with Crippen molar-refractivity contribution in [1.29, 1.82) is 0 Å². The fraction of sp³-hybridized carbons (Fsp3) is 0.133. The summed E-state index contributed by atoms with van der Waals surface area (Å²) in [6, 6.07) is 31.1. The number of carbonyl (C=O) groups is 2. The predicted molar refractivity (Wildman–Crippen MR) is 144 cm³/mol. The maximum absolute atomic E-state index is 13.5. The van der Waals surface area contributed by atoms with Crippen molar-refractivity contribution in [3.05, 3.63) is 119 Å². The van der Waals surface area contributed by atoms with Gasteiger partial charge in [0.25, 0.3) is 0 Å². The minimum absolute atomic E-state index is 0.192. The van der Waals surface area contributed by atoms with Crippen molar-refractivity contribution in [2.75, 3.05) is 13.2 Å². The Bertz CT molecular complexity index is 1260. The summed E-state index contributed by atoms with van der Waals surface area (Å²) >= 11 is 0.577. The standard InChI is InChI=1S/C30H24O4Se2/c31-29-24-14-8-16-26(34-18-20-36-22-11-5-2-6-12-22)28(24)30(32)23-13-7-15-25(27(23)29)33-17-19-35-21-9-3-1-4-10-21/h1-16H,17-20H2. The molecule has 0 heterocycles. The van der Waals surface area contributed by atoms with Gasteiger partial charge in [0.05, 0.1) is 0 Å². The zero-order valence-electron chi connectivity index (χ0n) is 19.5. The first-order valence-corrected chi connectivity index (χ1v) is 15.8. The van der Waals surface area contributed by atoms with Gasteiger partial charge < -0.3 is 0 Å². The number of hydrogen-bond donors (Lipinski definition) is 0. The summed E-state index contributed by atoms with van der Waals surface area (Å²) in [6.45, 7) is 0.984. The van der Waals surface area contributed by atoms with Gasteiger partial charge in [-0.15, -0.1) is 0 Å². The Balaban J connectivity index is 1.28. The summed E-state index contributed by atoms with van der Waals surface area (Å²) in [6.07, 6.45) is 0. The monoisotopic (exact) mass is 608 g/mol. The number of carbonyl (C=O) groups excluding carboxylic acids is 2. The Morgan fingerprint density at radius 2 is 0.917 bits per heavy atom. The van der Waals surface area contributed by atoms with Crippen LogP contribution in [0, 0.1) is 0 Å². The number of ether oxygens (including phenoxy) is 2. The van der Waals surface area contributed by atoms with Crippen molar-refractivity contribution < 1.29 is 19.1 Å². The Kier molecular flexibility index (Phi) is 8.00. The van der Waals surface area contributed by atoms with E-state index in [0.717, 1.165) is 10.6 Å². The summed E-state index contributed by atoms with van der Waals surface area (Å²) in [5.74, 6) is 0.555.